The molecule has 1 saturated heterocycles. The number of nitrogens with zero attached hydrogens (tertiary/aromatic N) is 3. The lowest BCUT2D eigenvalue weighted by atomic mass is 9.99. The molecule has 0 spiro atoms. The highest BCUT2D eigenvalue weighted by Gasteiger charge is 2.38. The van der Waals surface area contributed by atoms with E-state index in [2.05, 4.69) is 51.7 Å². The summed E-state index contributed by atoms with van der Waals surface area (Å²) in [6.07, 6.45) is 4.79. The molecular weight excluding hydrogens is 260 g/mol. The first-order valence-electron chi connectivity index (χ1n) is 7.86. The summed E-state index contributed by atoms with van der Waals surface area (Å²) in [5.74, 6) is 1.96. The summed E-state index contributed by atoms with van der Waals surface area (Å²) in [4.78, 5) is 2.48. The number of nitrogens with one attached hydrogen (secondary N) is 1. The second-order valence-electron chi connectivity index (χ2n) is 6.28. The summed E-state index contributed by atoms with van der Waals surface area (Å²) in [5.41, 5.74) is 1.37. The third-order valence-corrected chi connectivity index (χ3v) is 4.71. The zero-order valence-corrected chi connectivity index (χ0v) is 12.4. The maximum atomic E-state index is 4.64. The molecule has 2 aromatic rings. The van der Waals surface area contributed by atoms with Crippen LogP contribution in [0.25, 0.3) is 0 Å². The SMILES string of the molecule is Cn1ccc(N2CC(C3CC3)NCC2c2ccccc2)n1. The Morgan fingerprint density at radius 1 is 1.14 bits per heavy atom. The van der Waals surface area contributed by atoms with Gasteiger partial charge < -0.3 is 10.2 Å². The van der Waals surface area contributed by atoms with E-state index in [9.17, 15) is 0 Å². The Kier molecular flexibility index (Phi) is 3.19. The van der Waals surface area contributed by atoms with Gasteiger partial charge in [0, 0.05) is 38.4 Å². The van der Waals surface area contributed by atoms with Crippen LogP contribution >= 0.6 is 0 Å². The van der Waals surface area contributed by atoms with Crippen molar-refractivity contribution in [3.8, 4) is 0 Å². The van der Waals surface area contributed by atoms with Crippen molar-refractivity contribution in [2.75, 3.05) is 18.0 Å². The van der Waals surface area contributed by atoms with Crippen LogP contribution in [0.3, 0.4) is 0 Å². The lowest BCUT2D eigenvalue weighted by molar-refractivity contribution is 0.366. The van der Waals surface area contributed by atoms with Gasteiger partial charge in [-0.25, -0.2) is 0 Å². The van der Waals surface area contributed by atoms with Crippen molar-refractivity contribution in [2.24, 2.45) is 13.0 Å². The number of aryl methyl sites for hydroxylation is 1. The number of rotatable bonds is 3. The predicted molar refractivity (Wildman–Crippen MR) is 84.3 cm³/mol. The average Bonchev–Trinajstić information content (AvgIpc) is 3.29. The quantitative estimate of drug-likeness (QED) is 0.938. The van der Waals surface area contributed by atoms with E-state index in [-0.39, 0.29) is 0 Å². The molecule has 1 aliphatic heterocycles. The molecule has 1 saturated carbocycles. The molecule has 2 unspecified atom stereocenters. The van der Waals surface area contributed by atoms with Gasteiger partial charge in [-0.15, -0.1) is 0 Å². The first-order chi connectivity index (χ1) is 10.3. The van der Waals surface area contributed by atoms with Gasteiger partial charge in [-0.1, -0.05) is 30.3 Å². The third-order valence-electron chi connectivity index (χ3n) is 4.71. The number of hydrogen-bond donors (Lipinski definition) is 1. The molecule has 0 amide bonds. The highest BCUT2D eigenvalue weighted by Crippen LogP contribution is 2.37. The lowest BCUT2D eigenvalue weighted by Gasteiger charge is -2.41. The molecule has 2 aliphatic rings. The Hall–Kier alpha value is -1.81. The second-order valence-corrected chi connectivity index (χ2v) is 6.28. The van der Waals surface area contributed by atoms with Gasteiger partial charge in [-0.05, 0) is 24.3 Å². The van der Waals surface area contributed by atoms with E-state index in [1.807, 2.05) is 17.9 Å². The monoisotopic (exact) mass is 282 g/mol. The zero-order valence-electron chi connectivity index (χ0n) is 12.4. The third kappa shape index (κ3) is 2.56. The van der Waals surface area contributed by atoms with Crippen LogP contribution in [0.4, 0.5) is 5.82 Å². The van der Waals surface area contributed by atoms with Gasteiger partial charge in [-0.2, -0.15) is 5.10 Å². The molecule has 2 fully saturated rings. The number of anilines is 1. The molecule has 4 nitrogen and oxygen atoms in total. The molecule has 4 rings (SSSR count). The number of hydrogen-bond acceptors (Lipinski definition) is 3. The highest BCUT2D eigenvalue weighted by molar-refractivity contribution is 5.43. The molecule has 0 bridgehead atoms. The van der Waals surface area contributed by atoms with Crippen LogP contribution in [0.2, 0.25) is 0 Å². The summed E-state index contributed by atoms with van der Waals surface area (Å²) in [7, 11) is 1.99. The normalized spacial score (nSPS) is 26.0. The summed E-state index contributed by atoms with van der Waals surface area (Å²) in [5, 5.41) is 8.40. The maximum absolute atomic E-state index is 4.64. The fourth-order valence-electron chi connectivity index (χ4n) is 3.37. The number of aromatic nitrogens is 2. The van der Waals surface area contributed by atoms with Gasteiger partial charge in [0.05, 0.1) is 6.04 Å². The molecule has 1 aromatic heterocycles. The van der Waals surface area contributed by atoms with E-state index in [1.54, 1.807) is 0 Å². The Labute approximate surface area is 125 Å². The predicted octanol–water partition coefficient (Wildman–Crippen LogP) is 2.35. The van der Waals surface area contributed by atoms with Crippen LogP contribution < -0.4 is 10.2 Å². The molecule has 110 valence electrons. The van der Waals surface area contributed by atoms with E-state index in [4.69, 9.17) is 0 Å². The molecule has 2 atom stereocenters. The van der Waals surface area contributed by atoms with Crippen molar-refractivity contribution in [2.45, 2.75) is 24.9 Å². The minimum atomic E-state index is 0.371. The van der Waals surface area contributed by atoms with E-state index in [1.165, 1.54) is 18.4 Å². The van der Waals surface area contributed by atoms with Gasteiger partial charge in [0.1, 0.15) is 0 Å². The second kappa shape index (κ2) is 5.19. The first kappa shape index (κ1) is 12.9. The first-order valence-corrected chi connectivity index (χ1v) is 7.86. The Bertz CT molecular complexity index is 602. The topological polar surface area (TPSA) is 33.1 Å². The molecule has 1 aromatic carbocycles. The van der Waals surface area contributed by atoms with Crippen molar-refractivity contribution >= 4 is 5.82 Å². The van der Waals surface area contributed by atoms with Crippen molar-refractivity contribution in [3.05, 3.63) is 48.2 Å². The van der Waals surface area contributed by atoms with Crippen molar-refractivity contribution in [1.82, 2.24) is 15.1 Å². The van der Waals surface area contributed by atoms with Crippen LogP contribution in [0, 0.1) is 5.92 Å². The van der Waals surface area contributed by atoms with Crippen LogP contribution in [-0.2, 0) is 7.05 Å². The molecule has 0 radical (unpaired) electrons. The van der Waals surface area contributed by atoms with Gasteiger partial charge in [-0.3, -0.25) is 4.68 Å². The number of piperazine rings is 1. The average molecular weight is 282 g/mol. The van der Waals surface area contributed by atoms with E-state index >= 15 is 0 Å². The molecule has 21 heavy (non-hydrogen) atoms. The summed E-state index contributed by atoms with van der Waals surface area (Å²) in [6.45, 7) is 2.06. The molecule has 1 aliphatic carbocycles. The fourth-order valence-corrected chi connectivity index (χ4v) is 3.37. The summed E-state index contributed by atoms with van der Waals surface area (Å²) in [6, 6.07) is 13.9. The number of benzene rings is 1. The molecule has 2 heterocycles. The smallest absolute Gasteiger partial charge is 0.151 e. The van der Waals surface area contributed by atoms with Crippen LogP contribution in [-0.4, -0.2) is 28.9 Å². The van der Waals surface area contributed by atoms with Crippen LogP contribution in [0.15, 0.2) is 42.6 Å². The van der Waals surface area contributed by atoms with E-state index in [0.717, 1.165) is 24.8 Å². The van der Waals surface area contributed by atoms with Gasteiger partial charge in [0.2, 0.25) is 0 Å². The lowest BCUT2D eigenvalue weighted by Crippen LogP contribution is -2.53. The molecule has 1 N–H and O–H groups in total. The van der Waals surface area contributed by atoms with Crippen molar-refractivity contribution in [1.29, 1.82) is 0 Å². The fraction of sp³-hybridized carbons (Fsp3) is 0.471. The minimum Gasteiger partial charge on any atom is -0.345 e. The van der Waals surface area contributed by atoms with E-state index in [0.29, 0.717) is 12.1 Å². The van der Waals surface area contributed by atoms with Crippen LogP contribution in [0.5, 0.6) is 0 Å². The zero-order chi connectivity index (χ0) is 14.2. The minimum absolute atomic E-state index is 0.371. The van der Waals surface area contributed by atoms with Gasteiger partial charge >= 0.3 is 0 Å². The van der Waals surface area contributed by atoms with Crippen LogP contribution in [0.1, 0.15) is 24.4 Å². The highest BCUT2D eigenvalue weighted by atomic mass is 15.4. The largest absolute Gasteiger partial charge is 0.345 e. The van der Waals surface area contributed by atoms with E-state index < -0.39 is 0 Å². The van der Waals surface area contributed by atoms with Crippen molar-refractivity contribution in [3.63, 3.8) is 0 Å². The molecular formula is C17H22N4. The Morgan fingerprint density at radius 3 is 2.62 bits per heavy atom. The standard InChI is InChI=1S/C17H22N4/c1-20-10-9-17(19-20)21-12-15(13-7-8-13)18-11-16(21)14-5-3-2-4-6-14/h2-6,9-10,13,15-16,18H,7-8,11-12H2,1H3. The van der Waals surface area contributed by atoms with Gasteiger partial charge in [0.25, 0.3) is 0 Å². The molecule has 4 heteroatoms. The Morgan fingerprint density at radius 2 is 1.95 bits per heavy atom. The Balaban J connectivity index is 1.64. The maximum Gasteiger partial charge on any atom is 0.151 e. The summed E-state index contributed by atoms with van der Waals surface area (Å²) < 4.78 is 1.89. The van der Waals surface area contributed by atoms with Crippen molar-refractivity contribution < 1.29 is 0 Å². The van der Waals surface area contributed by atoms with Gasteiger partial charge in [0.15, 0.2) is 5.82 Å². The summed E-state index contributed by atoms with van der Waals surface area (Å²) >= 11 is 0.